The van der Waals surface area contributed by atoms with Crippen LogP contribution in [0.15, 0.2) is 24.0 Å². The molecule has 1 aliphatic rings. The lowest BCUT2D eigenvalue weighted by atomic mass is 9.95. The first-order valence-electron chi connectivity index (χ1n) is 7.38. The molecule has 0 spiro atoms. The van der Waals surface area contributed by atoms with E-state index in [1.807, 2.05) is 13.8 Å². The van der Waals surface area contributed by atoms with E-state index in [4.69, 9.17) is 9.47 Å². The van der Waals surface area contributed by atoms with Gasteiger partial charge in [0.2, 0.25) is 0 Å². The van der Waals surface area contributed by atoms with Crippen LogP contribution in [-0.4, -0.2) is 12.9 Å². The molecule has 0 radical (unpaired) electrons. The van der Waals surface area contributed by atoms with Crippen LogP contribution in [0.2, 0.25) is 0 Å². The zero-order valence-corrected chi connectivity index (χ0v) is 12.2. The molecule has 2 atom stereocenters. The molecular weight excluding hydrogens is 224 g/mol. The van der Waals surface area contributed by atoms with Crippen molar-refractivity contribution < 1.29 is 9.47 Å². The molecule has 104 valence electrons. The number of allylic oxidation sites excluding steroid dienone is 4. The minimum atomic E-state index is -0.0232. The van der Waals surface area contributed by atoms with Crippen molar-refractivity contribution in [3.8, 4) is 0 Å². The van der Waals surface area contributed by atoms with E-state index >= 15 is 0 Å². The van der Waals surface area contributed by atoms with E-state index in [1.165, 1.54) is 25.7 Å². The maximum absolute atomic E-state index is 5.64. The molecule has 0 saturated carbocycles. The van der Waals surface area contributed by atoms with Crippen molar-refractivity contribution in [2.24, 2.45) is 5.92 Å². The molecule has 2 unspecified atom stereocenters. The highest BCUT2D eigenvalue weighted by atomic mass is 16.7. The summed E-state index contributed by atoms with van der Waals surface area (Å²) in [6.07, 6.45) is 14.0. The SMILES string of the molecule is CC/C=C/CCCCC1C=C(C)OC(OCC)C1. The van der Waals surface area contributed by atoms with Gasteiger partial charge in [0.25, 0.3) is 0 Å². The van der Waals surface area contributed by atoms with E-state index in [1.54, 1.807) is 0 Å². The molecule has 0 N–H and O–H groups in total. The first-order chi connectivity index (χ1) is 8.76. The summed E-state index contributed by atoms with van der Waals surface area (Å²) in [5, 5.41) is 0. The van der Waals surface area contributed by atoms with Crippen molar-refractivity contribution in [3.05, 3.63) is 24.0 Å². The Kier molecular flexibility index (Phi) is 7.83. The third-order valence-electron chi connectivity index (χ3n) is 3.23. The normalized spacial score (nSPS) is 24.1. The smallest absolute Gasteiger partial charge is 0.199 e. The summed E-state index contributed by atoms with van der Waals surface area (Å²) in [5.41, 5.74) is 0. The monoisotopic (exact) mass is 252 g/mol. The Balaban J connectivity index is 2.20. The van der Waals surface area contributed by atoms with E-state index < -0.39 is 0 Å². The van der Waals surface area contributed by atoms with E-state index in [0.717, 1.165) is 25.2 Å². The zero-order chi connectivity index (χ0) is 13.2. The molecule has 0 aliphatic carbocycles. The summed E-state index contributed by atoms with van der Waals surface area (Å²) < 4.78 is 11.2. The Bertz CT molecular complexity index is 268. The first kappa shape index (κ1) is 15.3. The molecule has 1 heterocycles. The molecule has 18 heavy (non-hydrogen) atoms. The predicted octanol–water partition coefficient (Wildman–Crippen LogP) is 4.82. The fourth-order valence-corrected chi connectivity index (χ4v) is 2.38. The molecule has 2 nitrogen and oxygen atoms in total. The molecule has 2 heteroatoms. The fourth-order valence-electron chi connectivity index (χ4n) is 2.38. The molecule has 0 aromatic rings. The second-order valence-corrected chi connectivity index (χ2v) is 4.94. The van der Waals surface area contributed by atoms with Crippen molar-refractivity contribution in [1.29, 1.82) is 0 Å². The minimum absolute atomic E-state index is 0.0232. The third-order valence-corrected chi connectivity index (χ3v) is 3.23. The van der Waals surface area contributed by atoms with Crippen LogP contribution in [0.4, 0.5) is 0 Å². The quantitative estimate of drug-likeness (QED) is 0.455. The molecular formula is C16H28O2. The van der Waals surface area contributed by atoms with Gasteiger partial charge in [-0.3, -0.25) is 0 Å². The van der Waals surface area contributed by atoms with Crippen LogP contribution in [0.25, 0.3) is 0 Å². The largest absolute Gasteiger partial charge is 0.470 e. The van der Waals surface area contributed by atoms with Crippen LogP contribution >= 0.6 is 0 Å². The fraction of sp³-hybridized carbons (Fsp3) is 0.750. The number of hydrogen-bond donors (Lipinski definition) is 0. The summed E-state index contributed by atoms with van der Waals surface area (Å²) in [5.74, 6) is 1.65. The molecule has 1 rings (SSSR count). The van der Waals surface area contributed by atoms with Gasteiger partial charge in [-0.25, -0.2) is 0 Å². The lowest BCUT2D eigenvalue weighted by Crippen LogP contribution is -2.24. The molecule has 0 aromatic heterocycles. The number of rotatable bonds is 8. The van der Waals surface area contributed by atoms with Gasteiger partial charge in [-0.15, -0.1) is 0 Å². The van der Waals surface area contributed by atoms with Gasteiger partial charge in [-0.05, 0) is 51.5 Å². The maximum Gasteiger partial charge on any atom is 0.199 e. The van der Waals surface area contributed by atoms with Crippen molar-refractivity contribution in [2.45, 2.75) is 65.6 Å². The van der Waals surface area contributed by atoms with E-state index in [0.29, 0.717) is 5.92 Å². The summed E-state index contributed by atoms with van der Waals surface area (Å²) in [7, 11) is 0. The highest BCUT2D eigenvalue weighted by Crippen LogP contribution is 2.26. The lowest BCUT2D eigenvalue weighted by Gasteiger charge is -2.28. The van der Waals surface area contributed by atoms with Gasteiger partial charge in [0, 0.05) is 13.0 Å². The Labute approximate surface area is 112 Å². The standard InChI is InChI=1S/C16H28O2/c1-4-6-7-8-9-10-11-15-12-14(3)18-16(13-15)17-5-2/h6-7,12,15-16H,4-5,8-11,13H2,1-3H3/b7-6+. The Morgan fingerprint density at radius 1 is 1.33 bits per heavy atom. The van der Waals surface area contributed by atoms with Crippen LogP contribution in [0.1, 0.15) is 59.3 Å². The second-order valence-electron chi connectivity index (χ2n) is 4.94. The van der Waals surface area contributed by atoms with Crippen molar-refractivity contribution >= 4 is 0 Å². The van der Waals surface area contributed by atoms with Crippen LogP contribution in [0, 0.1) is 5.92 Å². The Morgan fingerprint density at radius 2 is 2.17 bits per heavy atom. The molecule has 0 fully saturated rings. The van der Waals surface area contributed by atoms with Gasteiger partial charge in [-0.2, -0.15) is 0 Å². The highest BCUT2D eigenvalue weighted by Gasteiger charge is 2.21. The first-order valence-corrected chi connectivity index (χ1v) is 7.38. The van der Waals surface area contributed by atoms with E-state index in [-0.39, 0.29) is 6.29 Å². The second kappa shape index (κ2) is 9.21. The maximum atomic E-state index is 5.64. The molecule has 0 saturated heterocycles. The van der Waals surface area contributed by atoms with Gasteiger partial charge < -0.3 is 9.47 Å². The molecule has 0 aromatic carbocycles. The number of unbranched alkanes of at least 4 members (excludes halogenated alkanes) is 2. The van der Waals surface area contributed by atoms with Gasteiger partial charge in [0.05, 0.1) is 5.76 Å². The summed E-state index contributed by atoms with van der Waals surface area (Å²) in [4.78, 5) is 0. The van der Waals surface area contributed by atoms with E-state index in [9.17, 15) is 0 Å². The lowest BCUT2D eigenvalue weighted by molar-refractivity contribution is -0.129. The van der Waals surface area contributed by atoms with Crippen LogP contribution in [0.5, 0.6) is 0 Å². The van der Waals surface area contributed by atoms with Crippen molar-refractivity contribution in [3.63, 3.8) is 0 Å². The average Bonchev–Trinajstić information content (AvgIpc) is 2.33. The van der Waals surface area contributed by atoms with Crippen molar-refractivity contribution in [2.75, 3.05) is 6.61 Å². The predicted molar refractivity (Wildman–Crippen MR) is 76.3 cm³/mol. The van der Waals surface area contributed by atoms with Gasteiger partial charge in [0.1, 0.15) is 0 Å². The highest BCUT2D eigenvalue weighted by molar-refractivity contribution is 4.98. The Hall–Kier alpha value is -0.760. The Morgan fingerprint density at radius 3 is 2.89 bits per heavy atom. The zero-order valence-electron chi connectivity index (χ0n) is 12.2. The molecule has 0 bridgehead atoms. The third kappa shape index (κ3) is 6.25. The van der Waals surface area contributed by atoms with Gasteiger partial charge in [-0.1, -0.05) is 25.5 Å². The number of ether oxygens (including phenoxy) is 2. The van der Waals surface area contributed by atoms with Crippen LogP contribution in [-0.2, 0) is 9.47 Å². The van der Waals surface area contributed by atoms with Crippen LogP contribution in [0.3, 0.4) is 0 Å². The molecule has 0 amide bonds. The summed E-state index contributed by atoms with van der Waals surface area (Å²) in [6, 6.07) is 0. The molecule has 1 aliphatic heterocycles. The summed E-state index contributed by atoms with van der Waals surface area (Å²) in [6.45, 7) is 6.96. The van der Waals surface area contributed by atoms with Crippen LogP contribution < -0.4 is 0 Å². The number of hydrogen-bond acceptors (Lipinski definition) is 2. The minimum Gasteiger partial charge on any atom is -0.470 e. The van der Waals surface area contributed by atoms with Gasteiger partial charge >= 0.3 is 0 Å². The van der Waals surface area contributed by atoms with Crippen molar-refractivity contribution in [1.82, 2.24) is 0 Å². The van der Waals surface area contributed by atoms with Gasteiger partial charge in [0.15, 0.2) is 6.29 Å². The summed E-state index contributed by atoms with van der Waals surface area (Å²) >= 11 is 0. The topological polar surface area (TPSA) is 18.5 Å². The average molecular weight is 252 g/mol. The van der Waals surface area contributed by atoms with E-state index in [2.05, 4.69) is 25.2 Å².